The Labute approximate surface area is 151 Å². The minimum Gasteiger partial charge on any atom is -0.495 e. The molecule has 3 aromatic rings. The molecule has 2 N–H and O–H groups in total. The number of benzene rings is 2. The number of aromatic nitrogens is 3. The molecule has 0 bridgehead atoms. The van der Waals surface area contributed by atoms with E-state index >= 15 is 0 Å². The van der Waals surface area contributed by atoms with Gasteiger partial charge in [-0.1, -0.05) is 17.7 Å². The number of nitrogens with one attached hydrogen (secondary N) is 2. The monoisotopic (exact) mass is 355 g/mol. The van der Waals surface area contributed by atoms with Crippen molar-refractivity contribution in [3.8, 4) is 5.75 Å². The van der Waals surface area contributed by atoms with Gasteiger partial charge in [-0.3, -0.25) is 0 Å². The van der Waals surface area contributed by atoms with Gasteiger partial charge in [0.15, 0.2) is 5.82 Å². The maximum absolute atomic E-state index is 5.99. The van der Waals surface area contributed by atoms with E-state index in [9.17, 15) is 0 Å². The second-order valence-corrected chi connectivity index (χ2v) is 6.01. The van der Waals surface area contributed by atoms with Crippen LogP contribution in [0.5, 0.6) is 5.75 Å². The molecule has 0 saturated heterocycles. The first-order chi connectivity index (χ1) is 12.0. The summed E-state index contributed by atoms with van der Waals surface area (Å²) in [6.07, 6.45) is 1.56. The molecule has 7 heteroatoms. The standard InChI is InChI=1S/C18H18ClN5O/c1-11-4-7-16(25-3)15(8-11)22-18-23-17(10-20-24-18)21-14-6-5-13(19)9-12(14)2/h4-10H,1-3H3,(H2,21,22,23,24). The molecule has 1 heterocycles. The topological polar surface area (TPSA) is 72.0 Å². The first-order valence-corrected chi connectivity index (χ1v) is 8.07. The van der Waals surface area contributed by atoms with E-state index in [1.54, 1.807) is 13.3 Å². The van der Waals surface area contributed by atoms with E-state index in [0.29, 0.717) is 22.5 Å². The minimum absolute atomic E-state index is 0.375. The van der Waals surface area contributed by atoms with Gasteiger partial charge in [-0.05, 0) is 55.3 Å². The summed E-state index contributed by atoms with van der Waals surface area (Å²) >= 11 is 5.99. The highest BCUT2D eigenvalue weighted by Gasteiger charge is 2.08. The van der Waals surface area contributed by atoms with Gasteiger partial charge in [0, 0.05) is 10.7 Å². The van der Waals surface area contributed by atoms with E-state index in [4.69, 9.17) is 16.3 Å². The van der Waals surface area contributed by atoms with Crippen molar-refractivity contribution in [2.24, 2.45) is 0 Å². The summed E-state index contributed by atoms with van der Waals surface area (Å²) < 4.78 is 5.36. The molecule has 6 nitrogen and oxygen atoms in total. The summed E-state index contributed by atoms with van der Waals surface area (Å²) in [6, 6.07) is 11.4. The number of hydrogen-bond acceptors (Lipinski definition) is 6. The highest BCUT2D eigenvalue weighted by atomic mass is 35.5. The maximum atomic E-state index is 5.99. The molecule has 25 heavy (non-hydrogen) atoms. The van der Waals surface area contributed by atoms with Gasteiger partial charge in [-0.2, -0.15) is 10.1 Å². The Hall–Kier alpha value is -2.86. The van der Waals surface area contributed by atoms with E-state index in [1.165, 1.54) is 0 Å². The fourth-order valence-corrected chi connectivity index (χ4v) is 2.59. The molecule has 2 aromatic carbocycles. The zero-order valence-corrected chi connectivity index (χ0v) is 14.9. The molecule has 128 valence electrons. The molecule has 0 aliphatic heterocycles. The van der Waals surface area contributed by atoms with Gasteiger partial charge < -0.3 is 15.4 Å². The summed E-state index contributed by atoms with van der Waals surface area (Å²) in [5.41, 5.74) is 3.80. The number of nitrogens with zero attached hydrogens (tertiary/aromatic N) is 3. The van der Waals surface area contributed by atoms with Gasteiger partial charge in [0.05, 0.1) is 19.0 Å². The zero-order chi connectivity index (χ0) is 17.8. The van der Waals surface area contributed by atoms with Crippen molar-refractivity contribution in [1.29, 1.82) is 0 Å². The van der Waals surface area contributed by atoms with Crippen molar-refractivity contribution in [3.05, 3.63) is 58.7 Å². The van der Waals surface area contributed by atoms with Crippen molar-refractivity contribution in [3.63, 3.8) is 0 Å². The summed E-state index contributed by atoms with van der Waals surface area (Å²) in [5.74, 6) is 1.66. The third kappa shape index (κ3) is 4.16. The van der Waals surface area contributed by atoms with Crippen LogP contribution in [0.1, 0.15) is 11.1 Å². The van der Waals surface area contributed by atoms with Crippen molar-refractivity contribution >= 4 is 34.7 Å². The molecular formula is C18H18ClN5O. The normalized spacial score (nSPS) is 10.4. The van der Waals surface area contributed by atoms with E-state index in [1.807, 2.05) is 50.2 Å². The molecule has 0 fully saturated rings. The van der Waals surface area contributed by atoms with Crippen molar-refractivity contribution in [2.45, 2.75) is 13.8 Å². The molecule has 1 aromatic heterocycles. The molecular weight excluding hydrogens is 338 g/mol. The Balaban J connectivity index is 1.83. The van der Waals surface area contributed by atoms with Crippen molar-refractivity contribution in [1.82, 2.24) is 15.2 Å². The number of hydrogen-bond donors (Lipinski definition) is 2. The Bertz CT molecular complexity index is 900. The van der Waals surface area contributed by atoms with Gasteiger partial charge in [0.25, 0.3) is 0 Å². The lowest BCUT2D eigenvalue weighted by atomic mass is 10.2. The molecule has 0 atom stereocenters. The molecule has 0 aliphatic rings. The number of rotatable bonds is 5. The minimum atomic E-state index is 0.375. The second-order valence-electron chi connectivity index (χ2n) is 5.58. The van der Waals surface area contributed by atoms with Crippen molar-refractivity contribution in [2.75, 3.05) is 17.7 Å². The zero-order valence-electron chi connectivity index (χ0n) is 14.2. The van der Waals surface area contributed by atoms with Gasteiger partial charge in [0.2, 0.25) is 5.95 Å². The third-order valence-electron chi connectivity index (χ3n) is 3.61. The lowest BCUT2D eigenvalue weighted by Crippen LogP contribution is -2.04. The maximum Gasteiger partial charge on any atom is 0.249 e. The summed E-state index contributed by atoms with van der Waals surface area (Å²) in [4.78, 5) is 4.45. The van der Waals surface area contributed by atoms with Crippen LogP contribution >= 0.6 is 11.6 Å². The largest absolute Gasteiger partial charge is 0.495 e. The summed E-state index contributed by atoms with van der Waals surface area (Å²) in [5, 5.41) is 15.1. The van der Waals surface area contributed by atoms with Crippen LogP contribution in [0.2, 0.25) is 5.02 Å². The molecule has 3 rings (SSSR count). The second kappa shape index (κ2) is 7.36. The Morgan fingerprint density at radius 1 is 1.00 bits per heavy atom. The van der Waals surface area contributed by atoms with Gasteiger partial charge in [0.1, 0.15) is 5.75 Å². The van der Waals surface area contributed by atoms with Crippen LogP contribution in [0, 0.1) is 13.8 Å². The smallest absolute Gasteiger partial charge is 0.249 e. The average Bonchev–Trinajstić information content (AvgIpc) is 2.58. The van der Waals surface area contributed by atoms with Gasteiger partial charge in [-0.15, -0.1) is 5.10 Å². The van der Waals surface area contributed by atoms with Gasteiger partial charge in [-0.25, -0.2) is 0 Å². The fraction of sp³-hybridized carbons (Fsp3) is 0.167. The van der Waals surface area contributed by atoms with E-state index in [0.717, 1.165) is 22.5 Å². The molecule has 0 aliphatic carbocycles. The van der Waals surface area contributed by atoms with Crippen LogP contribution in [0.4, 0.5) is 23.1 Å². The number of ether oxygens (including phenoxy) is 1. The molecule has 0 saturated carbocycles. The number of methoxy groups -OCH3 is 1. The van der Waals surface area contributed by atoms with Crippen LogP contribution in [-0.2, 0) is 0 Å². The molecule has 0 unspecified atom stereocenters. The lowest BCUT2D eigenvalue weighted by molar-refractivity contribution is 0.416. The number of anilines is 4. The molecule has 0 spiro atoms. The van der Waals surface area contributed by atoms with E-state index in [2.05, 4.69) is 25.8 Å². The Morgan fingerprint density at radius 2 is 1.84 bits per heavy atom. The molecule has 0 amide bonds. The van der Waals surface area contributed by atoms with Crippen LogP contribution in [-0.4, -0.2) is 22.3 Å². The average molecular weight is 356 g/mol. The third-order valence-corrected chi connectivity index (χ3v) is 3.85. The highest BCUT2D eigenvalue weighted by molar-refractivity contribution is 6.30. The van der Waals surface area contributed by atoms with Crippen LogP contribution in [0.3, 0.4) is 0 Å². The number of halogens is 1. The Kier molecular flexibility index (Phi) is 5.00. The van der Waals surface area contributed by atoms with Gasteiger partial charge >= 0.3 is 0 Å². The first-order valence-electron chi connectivity index (χ1n) is 7.70. The predicted molar refractivity (Wildman–Crippen MR) is 100 cm³/mol. The predicted octanol–water partition coefficient (Wildman–Crippen LogP) is 4.64. The van der Waals surface area contributed by atoms with Crippen LogP contribution < -0.4 is 15.4 Å². The molecule has 0 radical (unpaired) electrons. The Morgan fingerprint density at radius 3 is 2.60 bits per heavy atom. The SMILES string of the molecule is COc1ccc(C)cc1Nc1nncc(Nc2ccc(Cl)cc2C)n1. The summed E-state index contributed by atoms with van der Waals surface area (Å²) in [6.45, 7) is 3.98. The number of aryl methyl sites for hydroxylation is 2. The first kappa shape index (κ1) is 17.0. The lowest BCUT2D eigenvalue weighted by Gasteiger charge is -2.12. The van der Waals surface area contributed by atoms with Crippen molar-refractivity contribution < 1.29 is 4.74 Å². The highest BCUT2D eigenvalue weighted by Crippen LogP contribution is 2.28. The summed E-state index contributed by atoms with van der Waals surface area (Å²) in [7, 11) is 1.62. The quantitative estimate of drug-likeness (QED) is 0.694. The van der Waals surface area contributed by atoms with E-state index < -0.39 is 0 Å². The van der Waals surface area contributed by atoms with E-state index in [-0.39, 0.29) is 0 Å². The van der Waals surface area contributed by atoms with Crippen LogP contribution in [0.15, 0.2) is 42.6 Å². The fourth-order valence-electron chi connectivity index (χ4n) is 2.36. The van der Waals surface area contributed by atoms with Crippen LogP contribution in [0.25, 0.3) is 0 Å².